The molecule has 25 heavy (non-hydrogen) atoms. The summed E-state index contributed by atoms with van der Waals surface area (Å²) in [6.07, 6.45) is 7.75. The van der Waals surface area contributed by atoms with E-state index in [0.29, 0.717) is 13.0 Å². The highest BCUT2D eigenvalue weighted by Crippen LogP contribution is 2.18. The molecule has 0 aliphatic carbocycles. The first-order valence-electron chi connectivity index (χ1n) is 7.70. The topological polar surface area (TPSA) is 88.7 Å². The number of hydrogen-bond donors (Lipinski definition) is 3. The molecule has 2 heterocycles. The van der Waals surface area contributed by atoms with Crippen LogP contribution in [0.3, 0.4) is 0 Å². The molecule has 1 amide bonds. The van der Waals surface area contributed by atoms with E-state index in [1.54, 1.807) is 12.5 Å². The van der Waals surface area contributed by atoms with E-state index >= 15 is 0 Å². The lowest BCUT2D eigenvalue weighted by molar-refractivity contribution is -0.123. The summed E-state index contributed by atoms with van der Waals surface area (Å²) in [6.45, 7) is 2.63. The third kappa shape index (κ3) is 5.22. The first-order valence-corrected chi connectivity index (χ1v) is 7.70. The van der Waals surface area contributed by atoms with Crippen molar-refractivity contribution >= 4 is 41.6 Å². The van der Waals surface area contributed by atoms with Crippen molar-refractivity contribution in [2.45, 2.75) is 32.0 Å². The van der Waals surface area contributed by atoms with Crippen LogP contribution in [0.2, 0.25) is 0 Å². The van der Waals surface area contributed by atoms with E-state index in [4.69, 9.17) is 5.73 Å². The fourth-order valence-electron chi connectivity index (χ4n) is 2.74. The minimum atomic E-state index is -0.570. The number of aromatic nitrogens is 3. The van der Waals surface area contributed by atoms with Crippen LogP contribution in [-0.2, 0) is 17.8 Å². The van der Waals surface area contributed by atoms with Gasteiger partial charge in [-0.05, 0) is 25.0 Å². The van der Waals surface area contributed by atoms with Gasteiger partial charge in [-0.1, -0.05) is 18.2 Å². The number of halogens is 2. The first-order chi connectivity index (χ1) is 11.1. The average molecular weight is 384 g/mol. The number of benzene rings is 1. The van der Waals surface area contributed by atoms with Gasteiger partial charge in [0, 0.05) is 42.1 Å². The Kier molecular flexibility index (Phi) is 7.96. The Morgan fingerprint density at radius 3 is 2.84 bits per heavy atom. The molecule has 0 bridgehead atoms. The summed E-state index contributed by atoms with van der Waals surface area (Å²) in [6, 6.07) is 7.43. The number of H-pyrrole nitrogens is 1. The molecule has 0 spiro atoms. The minimum Gasteiger partial charge on any atom is -0.361 e. The molecule has 0 aliphatic rings. The molecule has 0 saturated heterocycles. The Morgan fingerprint density at radius 2 is 2.12 bits per heavy atom. The zero-order valence-electron chi connectivity index (χ0n) is 13.9. The van der Waals surface area contributed by atoms with Gasteiger partial charge in [0.2, 0.25) is 5.91 Å². The molecule has 3 aromatic rings. The van der Waals surface area contributed by atoms with Crippen molar-refractivity contribution < 1.29 is 4.79 Å². The Bertz CT molecular complexity index is 787. The number of carbonyl (C=O) groups is 1. The van der Waals surface area contributed by atoms with E-state index in [1.165, 1.54) is 0 Å². The van der Waals surface area contributed by atoms with Gasteiger partial charge >= 0.3 is 0 Å². The summed E-state index contributed by atoms with van der Waals surface area (Å²) in [5.41, 5.74) is 8.20. The maximum Gasteiger partial charge on any atom is 0.237 e. The maximum atomic E-state index is 12.3. The molecular weight excluding hydrogens is 361 g/mol. The minimum absolute atomic E-state index is 0. The lowest BCUT2D eigenvalue weighted by Gasteiger charge is -2.17. The molecule has 2 atom stereocenters. The summed E-state index contributed by atoms with van der Waals surface area (Å²) in [5, 5.41) is 4.07. The van der Waals surface area contributed by atoms with Gasteiger partial charge in [0.15, 0.2) is 0 Å². The highest BCUT2D eigenvalue weighted by atomic mass is 35.5. The number of para-hydroxylation sites is 1. The molecule has 1 unspecified atom stereocenters. The van der Waals surface area contributed by atoms with Gasteiger partial charge < -0.3 is 20.6 Å². The average Bonchev–Trinajstić information content (AvgIpc) is 3.17. The van der Waals surface area contributed by atoms with Crippen molar-refractivity contribution in [3.8, 4) is 0 Å². The van der Waals surface area contributed by atoms with E-state index in [1.807, 2.05) is 48.1 Å². The first kappa shape index (κ1) is 21.0. The van der Waals surface area contributed by atoms with Gasteiger partial charge in [-0.2, -0.15) is 0 Å². The quantitative estimate of drug-likeness (QED) is 0.609. The second-order valence-corrected chi connectivity index (χ2v) is 5.84. The molecule has 136 valence electrons. The second kappa shape index (κ2) is 9.46. The van der Waals surface area contributed by atoms with Crippen molar-refractivity contribution in [3.05, 3.63) is 54.7 Å². The van der Waals surface area contributed by atoms with Gasteiger partial charge in [0.1, 0.15) is 0 Å². The van der Waals surface area contributed by atoms with Crippen LogP contribution in [0.1, 0.15) is 12.5 Å². The van der Waals surface area contributed by atoms with E-state index in [9.17, 15) is 4.79 Å². The number of amides is 1. The van der Waals surface area contributed by atoms with Crippen LogP contribution in [0, 0.1) is 0 Å². The number of fused-ring (bicyclic) bond motifs is 1. The summed E-state index contributed by atoms with van der Waals surface area (Å²) < 4.78 is 1.93. The fourth-order valence-corrected chi connectivity index (χ4v) is 2.74. The summed E-state index contributed by atoms with van der Waals surface area (Å²) in [5.74, 6) is -0.136. The monoisotopic (exact) mass is 383 g/mol. The molecule has 3 rings (SSSR count). The lowest BCUT2D eigenvalue weighted by Crippen LogP contribution is -2.46. The molecule has 4 N–H and O–H groups in total. The van der Waals surface area contributed by atoms with Crippen LogP contribution in [0.15, 0.2) is 49.2 Å². The number of aromatic amines is 1. The number of nitrogens with one attached hydrogen (secondary N) is 2. The number of carbonyl (C=O) groups excluding carboxylic acids is 1. The molecule has 0 saturated carbocycles. The number of hydrogen-bond acceptors (Lipinski definition) is 3. The molecule has 8 heteroatoms. The lowest BCUT2D eigenvalue weighted by atomic mass is 10.0. The standard InChI is InChI=1S/C17H21N5O.2ClH/c1-12(10-22-7-6-19-11-22)21-17(23)15(18)8-13-9-20-16-5-3-2-4-14(13)16;;/h2-7,9,11-12,15,20H,8,10,18H2,1H3,(H,21,23);2*1H/t12?,15-;;/m0../s1. The van der Waals surface area contributed by atoms with Gasteiger partial charge in [-0.25, -0.2) is 4.98 Å². The number of nitrogens with zero attached hydrogens (tertiary/aromatic N) is 2. The predicted octanol–water partition coefficient (Wildman–Crippen LogP) is 2.28. The third-order valence-electron chi connectivity index (χ3n) is 3.88. The molecule has 0 radical (unpaired) electrons. The third-order valence-corrected chi connectivity index (χ3v) is 3.88. The van der Waals surface area contributed by atoms with Crippen molar-refractivity contribution in [1.29, 1.82) is 0 Å². The van der Waals surface area contributed by atoms with E-state index < -0.39 is 6.04 Å². The van der Waals surface area contributed by atoms with Gasteiger partial charge in [0.25, 0.3) is 0 Å². The van der Waals surface area contributed by atoms with Crippen molar-refractivity contribution in [2.75, 3.05) is 0 Å². The normalized spacial score (nSPS) is 12.7. The van der Waals surface area contributed by atoms with Crippen molar-refractivity contribution in [3.63, 3.8) is 0 Å². The highest BCUT2D eigenvalue weighted by Gasteiger charge is 2.18. The van der Waals surface area contributed by atoms with Crippen LogP contribution in [-0.4, -0.2) is 32.5 Å². The van der Waals surface area contributed by atoms with E-state index in [2.05, 4.69) is 15.3 Å². The largest absolute Gasteiger partial charge is 0.361 e. The van der Waals surface area contributed by atoms with Crippen LogP contribution in [0.5, 0.6) is 0 Å². The Balaban J connectivity index is 0.00000156. The fraction of sp³-hybridized carbons (Fsp3) is 0.294. The summed E-state index contributed by atoms with van der Waals surface area (Å²) in [4.78, 5) is 19.5. The van der Waals surface area contributed by atoms with E-state index in [0.717, 1.165) is 16.5 Å². The Labute approximate surface area is 159 Å². The van der Waals surface area contributed by atoms with Crippen LogP contribution >= 0.6 is 24.8 Å². The number of rotatable bonds is 6. The molecule has 6 nitrogen and oxygen atoms in total. The molecule has 0 fully saturated rings. The van der Waals surface area contributed by atoms with Crippen molar-refractivity contribution in [2.24, 2.45) is 5.73 Å². The molecule has 0 aliphatic heterocycles. The predicted molar refractivity (Wildman–Crippen MR) is 104 cm³/mol. The van der Waals surface area contributed by atoms with Gasteiger partial charge in [-0.3, -0.25) is 4.79 Å². The number of nitrogens with two attached hydrogens (primary N) is 1. The van der Waals surface area contributed by atoms with Crippen LogP contribution < -0.4 is 11.1 Å². The second-order valence-electron chi connectivity index (χ2n) is 5.84. The summed E-state index contributed by atoms with van der Waals surface area (Å²) >= 11 is 0. The highest BCUT2D eigenvalue weighted by molar-refractivity contribution is 5.86. The van der Waals surface area contributed by atoms with Crippen molar-refractivity contribution in [1.82, 2.24) is 19.9 Å². The molecule has 1 aromatic carbocycles. The number of imidazole rings is 1. The zero-order valence-corrected chi connectivity index (χ0v) is 15.5. The molecule has 2 aromatic heterocycles. The van der Waals surface area contributed by atoms with Gasteiger partial charge in [0.05, 0.1) is 12.4 Å². The van der Waals surface area contributed by atoms with Gasteiger partial charge in [-0.15, -0.1) is 24.8 Å². The smallest absolute Gasteiger partial charge is 0.237 e. The Hall–Kier alpha value is -2.02. The van der Waals surface area contributed by atoms with E-state index in [-0.39, 0.29) is 36.8 Å². The van der Waals surface area contributed by atoms with Crippen LogP contribution in [0.25, 0.3) is 10.9 Å². The maximum absolute atomic E-state index is 12.3. The summed E-state index contributed by atoms with van der Waals surface area (Å²) in [7, 11) is 0. The van der Waals surface area contributed by atoms with Crippen LogP contribution in [0.4, 0.5) is 0 Å². The zero-order chi connectivity index (χ0) is 16.2. The Morgan fingerprint density at radius 1 is 1.36 bits per heavy atom. The SMILES string of the molecule is CC(Cn1ccnc1)NC(=O)[C@@H](N)Cc1c[nH]c2ccccc12.Cl.Cl. The molecular formula is C17H23Cl2N5O.